The van der Waals surface area contributed by atoms with Gasteiger partial charge < -0.3 is 5.32 Å². The Labute approximate surface area is 106 Å². The highest BCUT2D eigenvalue weighted by Gasteiger charge is 2.41. The van der Waals surface area contributed by atoms with Crippen LogP contribution >= 0.6 is 0 Å². The molecule has 0 amide bonds. The van der Waals surface area contributed by atoms with Crippen molar-refractivity contribution in [2.24, 2.45) is 35.5 Å². The molecule has 17 heavy (non-hydrogen) atoms. The molecule has 96 valence electrons. The normalized spacial score (nSPS) is 51.5. The fraction of sp³-hybridized carbons (Fsp3) is 1.00. The minimum Gasteiger partial charge on any atom is -0.316 e. The lowest BCUT2D eigenvalue weighted by atomic mass is 9.87. The summed E-state index contributed by atoms with van der Waals surface area (Å²) in [6.07, 6.45) is 12.4. The Bertz CT molecular complexity index is 259. The van der Waals surface area contributed by atoms with Crippen LogP contribution < -0.4 is 5.32 Å². The SMILES string of the molecule is C1C[C@@H]2C[C@@H]1C[C@H]2CNC[C@H]1C[C@@H]2CC[C@H]1C2. The van der Waals surface area contributed by atoms with E-state index in [0.29, 0.717) is 0 Å². The van der Waals surface area contributed by atoms with Gasteiger partial charge in [0.15, 0.2) is 0 Å². The van der Waals surface area contributed by atoms with Gasteiger partial charge in [-0.25, -0.2) is 0 Å². The molecular formula is C16H27N. The van der Waals surface area contributed by atoms with Crippen molar-refractivity contribution in [3.63, 3.8) is 0 Å². The van der Waals surface area contributed by atoms with E-state index < -0.39 is 0 Å². The Morgan fingerprint density at radius 3 is 1.53 bits per heavy atom. The molecule has 4 aliphatic carbocycles. The first-order valence-electron chi connectivity index (χ1n) is 8.09. The van der Waals surface area contributed by atoms with Gasteiger partial charge >= 0.3 is 0 Å². The van der Waals surface area contributed by atoms with Crippen LogP contribution in [0.1, 0.15) is 51.4 Å². The molecule has 1 nitrogen and oxygen atoms in total. The largest absolute Gasteiger partial charge is 0.316 e. The molecule has 0 aliphatic heterocycles. The zero-order valence-corrected chi connectivity index (χ0v) is 11.0. The molecule has 4 fully saturated rings. The Hall–Kier alpha value is -0.0400. The van der Waals surface area contributed by atoms with Crippen LogP contribution in [-0.2, 0) is 0 Å². The number of fused-ring (bicyclic) bond motifs is 4. The van der Waals surface area contributed by atoms with Crippen molar-refractivity contribution in [2.75, 3.05) is 13.1 Å². The maximum Gasteiger partial charge on any atom is -0.00176 e. The molecule has 0 radical (unpaired) electrons. The zero-order chi connectivity index (χ0) is 11.2. The smallest absolute Gasteiger partial charge is 0.00176 e. The van der Waals surface area contributed by atoms with E-state index in [1.165, 1.54) is 13.1 Å². The van der Waals surface area contributed by atoms with Crippen LogP contribution in [0.3, 0.4) is 0 Å². The standard InChI is InChI=1S/C16H27N/c1-3-13-5-11(1)7-15(13)9-17-10-16-8-12-2-4-14(16)6-12/h11-17H,1-10H2/t11-,12-,13-,14+,15+,16-/m1/s1. The van der Waals surface area contributed by atoms with Crippen LogP contribution in [0.15, 0.2) is 0 Å². The quantitative estimate of drug-likeness (QED) is 0.784. The van der Waals surface area contributed by atoms with Gasteiger partial charge in [0, 0.05) is 0 Å². The zero-order valence-electron chi connectivity index (χ0n) is 11.0. The topological polar surface area (TPSA) is 12.0 Å². The highest BCUT2D eigenvalue weighted by molar-refractivity contribution is 4.93. The van der Waals surface area contributed by atoms with Crippen LogP contribution in [0, 0.1) is 35.5 Å². The van der Waals surface area contributed by atoms with Crippen molar-refractivity contribution < 1.29 is 0 Å². The van der Waals surface area contributed by atoms with E-state index in [1.807, 2.05) is 0 Å². The van der Waals surface area contributed by atoms with Gasteiger partial charge in [0.2, 0.25) is 0 Å². The second-order valence-electron chi connectivity index (χ2n) is 7.53. The summed E-state index contributed by atoms with van der Waals surface area (Å²) in [5.41, 5.74) is 0. The van der Waals surface area contributed by atoms with Crippen molar-refractivity contribution in [3.8, 4) is 0 Å². The van der Waals surface area contributed by atoms with Crippen LogP contribution in [0.2, 0.25) is 0 Å². The summed E-state index contributed by atoms with van der Waals surface area (Å²) in [4.78, 5) is 0. The maximum atomic E-state index is 3.84. The number of nitrogens with one attached hydrogen (secondary N) is 1. The molecular weight excluding hydrogens is 206 g/mol. The summed E-state index contributed by atoms with van der Waals surface area (Å²) in [7, 11) is 0. The summed E-state index contributed by atoms with van der Waals surface area (Å²) < 4.78 is 0. The van der Waals surface area contributed by atoms with E-state index in [2.05, 4.69) is 5.32 Å². The number of rotatable bonds is 4. The molecule has 6 atom stereocenters. The first kappa shape index (κ1) is 10.8. The van der Waals surface area contributed by atoms with Crippen LogP contribution in [0.5, 0.6) is 0 Å². The monoisotopic (exact) mass is 233 g/mol. The third-order valence-corrected chi connectivity index (χ3v) is 6.58. The van der Waals surface area contributed by atoms with Gasteiger partial charge in [0.05, 0.1) is 0 Å². The van der Waals surface area contributed by atoms with E-state index >= 15 is 0 Å². The van der Waals surface area contributed by atoms with Gasteiger partial charge in [0.25, 0.3) is 0 Å². The second kappa shape index (κ2) is 4.26. The minimum absolute atomic E-state index is 1.05. The van der Waals surface area contributed by atoms with Crippen molar-refractivity contribution in [1.29, 1.82) is 0 Å². The molecule has 0 aromatic carbocycles. The van der Waals surface area contributed by atoms with Crippen LogP contribution in [0.4, 0.5) is 0 Å². The van der Waals surface area contributed by atoms with Gasteiger partial charge in [-0.05, 0) is 87.1 Å². The molecule has 4 rings (SSSR count). The molecule has 0 heterocycles. The summed E-state index contributed by atoms with van der Waals surface area (Å²) in [6, 6.07) is 0. The molecule has 1 heteroatoms. The average Bonchev–Trinajstić information content (AvgIpc) is 3.09. The third-order valence-electron chi connectivity index (χ3n) is 6.58. The van der Waals surface area contributed by atoms with Gasteiger partial charge in [-0.15, -0.1) is 0 Å². The molecule has 4 bridgehead atoms. The van der Waals surface area contributed by atoms with Crippen molar-refractivity contribution in [2.45, 2.75) is 51.4 Å². The van der Waals surface area contributed by atoms with E-state index in [1.54, 1.807) is 51.4 Å². The average molecular weight is 233 g/mol. The summed E-state index contributed by atoms with van der Waals surface area (Å²) in [6.45, 7) is 2.68. The Balaban J connectivity index is 1.22. The van der Waals surface area contributed by atoms with Crippen molar-refractivity contribution in [3.05, 3.63) is 0 Å². The molecule has 0 aromatic heterocycles. The van der Waals surface area contributed by atoms with Crippen LogP contribution in [-0.4, -0.2) is 13.1 Å². The summed E-state index contributed by atoms with van der Waals surface area (Å²) in [5, 5.41) is 3.84. The Kier molecular flexibility index (Phi) is 2.72. The van der Waals surface area contributed by atoms with Gasteiger partial charge in [0.1, 0.15) is 0 Å². The second-order valence-corrected chi connectivity index (χ2v) is 7.53. The predicted molar refractivity (Wildman–Crippen MR) is 70.7 cm³/mol. The summed E-state index contributed by atoms with van der Waals surface area (Å²) >= 11 is 0. The molecule has 4 aliphatic rings. The van der Waals surface area contributed by atoms with E-state index in [9.17, 15) is 0 Å². The molecule has 0 spiro atoms. The third kappa shape index (κ3) is 1.95. The Morgan fingerprint density at radius 1 is 0.647 bits per heavy atom. The first-order chi connectivity index (χ1) is 8.38. The lowest BCUT2D eigenvalue weighted by Crippen LogP contribution is -2.32. The highest BCUT2D eigenvalue weighted by atomic mass is 14.9. The Morgan fingerprint density at radius 2 is 1.18 bits per heavy atom. The summed E-state index contributed by atoms with van der Waals surface area (Å²) in [5.74, 6) is 6.54. The first-order valence-corrected chi connectivity index (χ1v) is 8.09. The lowest BCUT2D eigenvalue weighted by molar-refractivity contribution is 0.282. The van der Waals surface area contributed by atoms with E-state index in [-0.39, 0.29) is 0 Å². The molecule has 0 unspecified atom stereocenters. The number of hydrogen-bond donors (Lipinski definition) is 1. The van der Waals surface area contributed by atoms with E-state index in [4.69, 9.17) is 0 Å². The number of hydrogen-bond acceptors (Lipinski definition) is 1. The van der Waals surface area contributed by atoms with Gasteiger partial charge in [-0.3, -0.25) is 0 Å². The van der Waals surface area contributed by atoms with E-state index in [0.717, 1.165) is 35.5 Å². The maximum absolute atomic E-state index is 3.84. The predicted octanol–water partition coefficient (Wildman–Crippen LogP) is 3.45. The lowest BCUT2D eigenvalue weighted by Gasteiger charge is -2.25. The molecule has 1 N–H and O–H groups in total. The van der Waals surface area contributed by atoms with Gasteiger partial charge in [-0.1, -0.05) is 12.8 Å². The van der Waals surface area contributed by atoms with Crippen molar-refractivity contribution >= 4 is 0 Å². The molecule has 4 saturated carbocycles. The fourth-order valence-electron chi connectivity index (χ4n) is 5.71. The van der Waals surface area contributed by atoms with Gasteiger partial charge in [-0.2, -0.15) is 0 Å². The molecule has 0 saturated heterocycles. The highest BCUT2D eigenvalue weighted by Crippen LogP contribution is 2.49. The van der Waals surface area contributed by atoms with Crippen molar-refractivity contribution in [1.82, 2.24) is 5.32 Å². The fourth-order valence-corrected chi connectivity index (χ4v) is 5.71. The molecule has 0 aromatic rings. The van der Waals surface area contributed by atoms with Crippen LogP contribution in [0.25, 0.3) is 0 Å². The minimum atomic E-state index is 1.05.